The average Bonchev–Trinajstić information content (AvgIpc) is 3.08. The van der Waals surface area contributed by atoms with E-state index in [0.717, 1.165) is 29.5 Å². The van der Waals surface area contributed by atoms with E-state index in [1.165, 1.54) is 12.1 Å². The van der Waals surface area contributed by atoms with E-state index in [0.29, 0.717) is 3.79 Å². The van der Waals surface area contributed by atoms with Crippen molar-refractivity contribution in [2.24, 2.45) is 0 Å². The number of hydrogen-bond donors (Lipinski definition) is 2. The van der Waals surface area contributed by atoms with Crippen molar-refractivity contribution >= 4 is 60.7 Å². The number of nitrogens with zero attached hydrogens (tertiary/aromatic N) is 1. The number of hydrogen-bond acceptors (Lipinski definition) is 4. The molecular formula is C15H14BrClFN3O3S2. The molecule has 11 heteroatoms. The SMILES string of the molecule is [2H]C1[C@]([2H])(C(=O)Nc2ccc(F)c(Cl)c2)N(C([2H])([2H])[2H])S(=O)(=O)N[C@]1([2H])c1ccc(Br)s1. The number of likely N-dealkylation sites (N-methyl/N-ethyl adjacent to an activating group) is 1. The fourth-order valence-electron chi connectivity index (χ4n) is 2.05. The van der Waals surface area contributed by atoms with Crippen LogP contribution in [0.25, 0.3) is 0 Å². The summed E-state index contributed by atoms with van der Waals surface area (Å²) in [7, 11) is -5.15. The van der Waals surface area contributed by atoms with Crippen LogP contribution in [0.1, 0.15) is 25.5 Å². The normalized spacial score (nSPS) is 35.3. The van der Waals surface area contributed by atoms with Crippen LogP contribution in [0.2, 0.25) is 5.02 Å². The van der Waals surface area contributed by atoms with Gasteiger partial charge in [0.2, 0.25) is 5.91 Å². The quantitative estimate of drug-likeness (QED) is 0.694. The first-order chi connectivity index (χ1) is 14.5. The lowest BCUT2D eigenvalue weighted by molar-refractivity contribution is -0.120. The molecule has 3 atom stereocenters. The van der Waals surface area contributed by atoms with Gasteiger partial charge in [0.25, 0.3) is 10.2 Å². The first kappa shape index (κ1) is 13.2. The molecule has 6 nitrogen and oxygen atoms in total. The van der Waals surface area contributed by atoms with Crippen molar-refractivity contribution in [3.05, 3.63) is 49.8 Å². The molecule has 1 aromatic carbocycles. The standard InChI is InChI=1S/C15H14BrClFN3O3S2/c1-21-12(15(22)19-8-2-3-10(18)9(17)6-8)7-11(20-26(21,23)24)13-4-5-14(16)25-13/h2-6,11-12,20H,7H2,1H3,(H,19,22)/t11-,12+/m0/s1/i1D3,7D,11D,12D/t7?,11-,12+. The van der Waals surface area contributed by atoms with Gasteiger partial charge in [-0.3, -0.25) is 4.79 Å². The van der Waals surface area contributed by atoms with Crippen molar-refractivity contribution in [2.75, 3.05) is 12.3 Å². The van der Waals surface area contributed by atoms with Gasteiger partial charge in [-0.2, -0.15) is 17.4 Å². The van der Waals surface area contributed by atoms with Gasteiger partial charge in [-0.1, -0.05) is 11.6 Å². The average molecular weight is 489 g/mol. The molecule has 2 heterocycles. The van der Waals surface area contributed by atoms with Crippen LogP contribution in [0.4, 0.5) is 10.1 Å². The van der Waals surface area contributed by atoms with Crippen molar-refractivity contribution in [2.45, 2.75) is 18.4 Å². The second kappa shape index (κ2) is 7.53. The van der Waals surface area contributed by atoms with E-state index in [4.69, 9.17) is 19.8 Å². The third kappa shape index (κ3) is 4.10. The fourth-order valence-corrected chi connectivity index (χ4v) is 4.58. The summed E-state index contributed by atoms with van der Waals surface area (Å²) in [5, 5.41) is 1.72. The van der Waals surface area contributed by atoms with Crippen LogP contribution in [0.5, 0.6) is 0 Å². The number of carbonyl (C=O) groups excluding carboxylic acids is 1. The van der Waals surface area contributed by atoms with E-state index in [9.17, 15) is 17.6 Å². The molecular weight excluding hydrogens is 469 g/mol. The number of anilines is 1. The molecule has 0 saturated carbocycles. The van der Waals surface area contributed by atoms with E-state index in [1.54, 1.807) is 0 Å². The Morgan fingerprint density at radius 3 is 2.96 bits per heavy atom. The molecule has 1 unspecified atom stereocenters. The minimum atomic E-state index is -5.15. The van der Waals surface area contributed by atoms with Crippen LogP contribution in [0.15, 0.2) is 34.1 Å². The van der Waals surface area contributed by atoms with Crippen LogP contribution < -0.4 is 10.0 Å². The number of amides is 1. The first-order valence-corrected chi connectivity index (χ1v) is 10.3. The number of rotatable bonds is 3. The van der Waals surface area contributed by atoms with Gasteiger partial charge in [0.1, 0.15) is 11.8 Å². The summed E-state index contributed by atoms with van der Waals surface area (Å²) in [6.45, 7) is -3.55. The van der Waals surface area contributed by atoms with E-state index < -0.39 is 56.7 Å². The second-order valence-corrected chi connectivity index (χ2v) is 9.39. The molecule has 1 aliphatic rings. The summed E-state index contributed by atoms with van der Waals surface area (Å²) in [5.74, 6) is -2.35. The highest BCUT2D eigenvalue weighted by Crippen LogP contribution is 2.34. The molecule has 1 amide bonds. The van der Waals surface area contributed by atoms with Gasteiger partial charge in [-0.15, -0.1) is 11.3 Å². The smallest absolute Gasteiger partial charge is 0.280 e. The molecule has 140 valence electrons. The summed E-state index contributed by atoms with van der Waals surface area (Å²) in [5.41, 5.74) is -0.170. The summed E-state index contributed by atoms with van der Waals surface area (Å²) < 4.78 is 89.9. The Morgan fingerprint density at radius 1 is 1.58 bits per heavy atom. The molecule has 1 fully saturated rings. The number of carbonyl (C=O) groups is 1. The van der Waals surface area contributed by atoms with Gasteiger partial charge in [-0.25, -0.2) is 4.39 Å². The van der Waals surface area contributed by atoms with Crippen LogP contribution in [-0.4, -0.2) is 31.6 Å². The highest BCUT2D eigenvalue weighted by atomic mass is 79.9. The summed E-state index contributed by atoms with van der Waals surface area (Å²) in [6, 6.07) is -0.192. The summed E-state index contributed by atoms with van der Waals surface area (Å²) in [6.07, 6.45) is -2.28. The fraction of sp³-hybridized carbons (Fsp3) is 0.267. The predicted molar refractivity (Wildman–Crippen MR) is 103 cm³/mol. The van der Waals surface area contributed by atoms with Gasteiger partial charge in [0.05, 0.1) is 17.6 Å². The van der Waals surface area contributed by atoms with E-state index in [-0.39, 0.29) is 10.6 Å². The largest absolute Gasteiger partial charge is 0.325 e. The molecule has 3 rings (SSSR count). The molecule has 1 aliphatic heterocycles. The Bertz CT molecular complexity index is 1190. The highest BCUT2D eigenvalue weighted by Gasteiger charge is 2.41. The molecule has 1 saturated heterocycles. The molecule has 0 aliphatic carbocycles. The van der Waals surface area contributed by atoms with Crippen LogP contribution in [0, 0.1) is 5.82 Å². The maximum atomic E-state index is 13.4. The molecule has 0 bridgehead atoms. The minimum Gasteiger partial charge on any atom is -0.325 e. The van der Waals surface area contributed by atoms with Crippen molar-refractivity contribution in [3.8, 4) is 0 Å². The van der Waals surface area contributed by atoms with Gasteiger partial charge in [0.15, 0.2) is 0 Å². The van der Waals surface area contributed by atoms with Gasteiger partial charge < -0.3 is 5.32 Å². The third-order valence-electron chi connectivity index (χ3n) is 3.23. The maximum absolute atomic E-state index is 13.4. The zero-order valence-electron chi connectivity index (χ0n) is 18.6. The van der Waals surface area contributed by atoms with Crippen molar-refractivity contribution in [1.29, 1.82) is 0 Å². The Labute approximate surface area is 176 Å². The first-order valence-electron chi connectivity index (χ1n) is 9.90. The van der Waals surface area contributed by atoms with Crippen LogP contribution in [0.3, 0.4) is 0 Å². The predicted octanol–water partition coefficient (Wildman–Crippen LogP) is 3.52. The van der Waals surface area contributed by atoms with Gasteiger partial charge >= 0.3 is 0 Å². The number of thiophene rings is 1. The van der Waals surface area contributed by atoms with Crippen molar-refractivity contribution in [3.63, 3.8) is 0 Å². The second-order valence-electron chi connectivity index (χ2n) is 5.00. The summed E-state index contributed by atoms with van der Waals surface area (Å²) >= 11 is 9.70. The molecule has 0 radical (unpaired) electrons. The Morgan fingerprint density at radius 2 is 2.35 bits per heavy atom. The number of halogens is 3. The number of benzene rings is 1. The van der Waals surface area contributed by atoms with Crippen molar-refractivity contribution < 1.29 is 25.8 Å². The van der Waals surface area contributed by atoms with E-state index >= 15 is 0 Å². The molecule has 0 spiro atoms. The van der Waals surface area contributed by atoms with Gasteiger partial charge in [-0.05, 0) is 52.7 Å². The lowest BCUT2D eigenvalue weighted by atomic mass is 10.1. The zero-order chi connectivity index (χ0) is 24.3. The van der Waals surface area contributed by atoms with E-state index in [1.807, 2.05) is 4.72 Å². The number of nitrogens with one attached hydrogen (secondary N) is 2. The Hall–Kier alpha value is -1.04. The maximum Gasteiger partial charge on any atom is 0.280 e. The molecule has 26 heavy (non-hydrogen) atoms. The van der Waals surface area contributed by atoms with Crippen LogP contribution >= 0.6 is 38.9 Å². The van der Waals surface area contributed by atoms with Crippen LogP contribution in [-0.2, 0) is 15.0 Å². The van der Waals surface area contributed by atoms with Gasteiger partial charge in [0, 0.05) is 23.0 Å². The van der Waals surface area contributed by atoms with E-state index in [2.05, 4.69) is 21.2 Å². The molecule has 2 aromatic rings. The summed E-state index contributed by atoms with van der Waals surface area (Å²) in [4.78, 5) is 13.1. The zero-order valence-corrected chi connectivity index (χ0v) is 16.6. The Balaban J connectivity index is 2.17. The topological polar surface area (TPSA) is 78.5 Å². The molecule has 2 N–H and O–H groups in total. The molecule has 1 aromatic heterocycles. The lowest BCUT2D eigenvalue weighted by Gasteiger charge is -2.35. The minimum absolute atomic E-state index is 0.0487. The lowest BCUT2D eigenvalue weighted by Crippen LogP contribution is -2.55. The highest BCUT2D eigenvalue weighted by molar-refractivity contribution is 9.11. The third-order valence-corrected chi connectivity index (χ3v) is 6.33. The van der Waals surface area contributed by atoms with Crippen molar-refractivity contribution in [1.82, 2.24) is 9.03 Å². The Kier molecular flexibility index (Phi) is 3.82. The monoisotopic (exact) mass is 487 g/mol.